The van der Waals surface area contributed by atoms with Crippen LogP contribution in [0.3, 0.4) is 0 Å². The summed E-state index contributed by atoms with van der Waals surface area (Å²) >= 11 is 0. The smallest absolute Gasteiger partial charge is 0.404 e. The average molecular weight is 254 g/mol. The van der Waals surface area contributed by atoms with E-state index in [9.17, 15) is 4.39 Å². The largest absolute Gasteiger partial charge is 0.423 e. The van der Waals surface area contributed by atoms with Crippen molar-refractivity contribution < 1.29 is 13.9 Å². The molecule has 0 saturated carbocycles. The van der Waals surface area contributed by atoms with Crippen LogP contribution in [0.1, 0.15) is 41.5 Å². The molecule has 1 heterocycles. The number of hydrogen-bond donors (Lipinski definition) is 0. The van der Waals surface area contributed by atoms with Gasteiger partial charge in [-0.2, -0.15) is 4.39 Å². The molecule has 2 nitrogen and oxygen atoms in total. The fourth-order valence-corrected chi connectivity index (χ4v) is 1.76. The molecule has 1 saturated heterocycles. The first kappa shape index (κ1) is 14.8. The number of rotatable bonds is 1. The van der Waals surface area contributed by atoms with Crippen molar-refractivity contribution in [3.63, 3.8) is 0 Å². The second kappa shape index (κ2) is 5.17. The first-order valence-corrected chi connectivity index (χ1v) is 6.52. The normalized spacial score (nSPS) is 33.3. The summed E-state index contributed by atoms with van der Waals surface area (Å²) in [4.78, 5) is 0. The number of alkyl halides is 1. The summed E-state index contributed by atoms with van der Waals surface area (Å²) in [7, 11) is 0. The van der Waals surface area contributed by atoms with E-state index in [0.717, 1.165) is 0 Å². The van der Waals surface area contributed by atoms with Gasteiger partial charge in [-0.05, 0) is 18.1 Å². The lowest BCUT2D eigenvalue weighted by Crippen LogP contribution is -2.19. The molecule has 0 bridgehead atoms. The van der Waals surface area contributed by atoms with Gasteiger partial charge in [0.2, 0.25) is 0 Å². The van der Waals surface area contributed by atoms with Gasteiger partial charge in [-0.3, -0.25) is 0 Å². The van der Waals surface area contributed by atoms with E-state index in [-0.39, 0.29) is 5.41 Å². The lowest BCUT2D eigenvalue weighted by Gasteiger charge is -2.26. The van der Waals surface area contributed by atoms with E-state index in [0.29, 0.717) is 17.4 Å². The van der Waals surface area contributed by atoms with Crippen molar-refractivity contribution in [2.75, 3.05) is 0 Å². The summed E-state index contributed by atoms with van der Waals surface area (Å²) in [5, 5.41) is 0. The first-order valence-electron chi connectivity index (χ1n) is 6.52. The summed E-state index contributed by atoms with van der Waals surface area (Å²) in [6.07, 6.45) is 7.64. The van der Waals surface area contributed by atoms with Crippen LogP contribution in [0.2, 0.25) is 0 Å². The van der Waals surface area contributed by atoms with Gasteiger partial charge in [-0.15, -0.1) is 0 Å². The molecule has 2 unspecified atom stereocenters. The monoisotopic (exact) mass is 254 g/mol. The molecule has 2 aliphatic rings. The molecule has 0 N–H and O–H groups in total. The van der Waals surface area contributed by atoms with E-state index in [1.165, 1.54) is 6.92 Å². The Morgan fingerprint density at radius 3 is 2.22 bits per heavy atom. The zero-order valence-corrected chi connectivity index (χ0v) is 12.1. The fourth-order valence-electron chi connectivity index (χ4n) is 1.76. The van der Waals surface area contributed by atoms with Gasteiger partial charge in [0.25, 0.3) is 0 Å². The standard InChI is InChI=1S/C13H17FO2.C2H6/c1-9(2)12(3)7-5-6-10-11(8-12)16-13(4,14)15-10;1-2/h5-9H,1-4H3;1-2H3. The molecule has 1 aliphatic heterocycles. The minimum absolute atomic E-state index is 0.142. The van der Waals surface area contributed by atoms with Crippen LogP contribution < -0.4 is 0 Å². The molecule has 1 fully saturated rings. The Morgan fingerprint density at radius 1 is 1.11 bits per heavy atom. The number of fused-ring (bicyclic) bond motifs is 1. The molecule has 18 heavy (non-hydrogen) atoms. The van der Waals surface area contributed by atoms with Crippen molar-refractivity contribution >= 4 is 0 Å². The maximum absolute atomic E-state index is 13.5. The lowest BCUT2D eigenvalue weighted by molar-refractivity contribution is -0.221. The molecule has 0 aromatic heterocycles. The quantitative estimate of drug-likeness (QED) is 0.675. The second-order valence-corrected chi connectivity index (χ2v) is 4.96. The zero-order valence-electron chi connectivity index (χ0n) is 12.1. The van der Waals surface area contributed by atoms with Crippen LogP contribution in [-0.4, -0.2) is 6.04 Å². The van der Waals surface area contributed by atoms with Crippen LogP contribution in [0.15, 0.2) is 35.8 Å². The molecule has 0 aromatic rings. The van der Waals surface area contributed by atoms with Gasteiger partial charge >= 0.3 is 6.04 Å². The van der Waals surface area contributed by atoms with Crippen LogP contribution in [0.4, 0.5) is 4.39 Å². The van der Waals surface area contributed by atoms with Crippen LogP contribution in [0.25, 0.3) is 0 Å². The van der Waals surface area contributed by atoms with E-state index in [4.69, 9.17) is 9.47 Å². The highest BCUT2D eigenvalue weighted by atomic mass is 19.2. The van der Waals surface area contributed by atoms with Gasteiger partial charge in [-0.1, -0.05) is 46.8 Å². The van der Waals surface area contributed by atoms with Crippen LogP contribution in [-0.2, 0) is 9.47 Å². The Balaban J connectivity index is 0.000000771. The third kappa shape index (κ3) is 2.95. The average Bonchev–Trinajstić information content (AvgIpc) is 2.46. The van der Waals surface area contributed by atoms with Gasteiger partial charge in [0.1, 0.15) is 0 Å². The molecule has 2 rings (SSSR count). The second-order valence-electron chi connectivity index (χ2n) is 4.96. The molecule has 0 radical (unpaired) electrons. The maximum Gasteiger partial charge on any atom is 0.404 e. The first-order chi connectivity index (χ1) is 8.32. The summed E-state index contributed by atoms with van der Waals surface area (Å²) < 4.78 is 23.7. The Kier molecular flexibility index (Phi) is 4.25. The minimum Gasteiger partial charge on any atom is -0.423 e. The number of hydrogen-bond acceptors (Lipinski definition) is 2. The van der Waals surface area contributed by atoms with Crippen molar-refractivity contribution in [1.29, 1.82) is 0 Å². The van der Waals surface area contributed by atoms with Crippen molar-refractivity contribution in [3.8, 4) is 0 Å². The fraction of sp³-hybridized carbons (Fsp3) is 0.600. The van der Waals surface area contributed by atoms with Gasteiger partial charge in [0.05, 0.1) is 0 Å². The van der Waals surface area contributed by atoms with Crippen molar-refractivity contribution in [1.82, 2.24) is 0 Å². The molecule has 0 amide bonds. The molecule has 102 valence electrons. The molecular formula is C15H23FO2. The highest BCUT2D eigenvalue weighted by Crippen LogP contribution is 2.41. The number of allylic oxidation sites excluding steroid dienone is 4. The topological polar surface area (TPSA) is 18.5 Å². The molecular weight excluding hydrogens is 231 g/mol. The Labute approximate surface area is 109 Å². The predicted molar refractivity (Wildman–Crippen MR) is 71.3 cm³/mol. The summed E-state index contributed by atoms with van der Waals surface area (Å²) in [5.74, 6) is 1.36. The van der Waals surface area contributed by atoms with Crippen LogP contribution in [0, 0.1) is 11.3 Å². The molecule has 1 aliphatic carbocycles. The third-order valence-corrected chi connectivity index (χ3v) is 3.22. The van der Waals surface area contributed by atoms with Crippen LogP contribution >= 0.6 is 0 Å². The van der Waals surface area contributed by atoms with E-state index in [1.807, 2.05) is 26.0 Å². The molecule has 2 atom stereocenters. The van der Waals surface area contributed by atoms with Crippen molar-refractivity contribution in [2.45, 2.75) is 47.6 Å². The lowest BCUT2D eigenvalue weighted by atomic mass is 9.78. The van der Waals surface area contributed by atoms with Gasteiger partial charge in [0, 0.05) is 12.3 Å². The summed E-state index contributed by atoms with van der Waals surface area (Å²) in [6, 6.07) is -2.04. The van der Waals surface area contributed by atoms with E-state index in [1.54, 1.807) is 6.08 Å². The number of halogens is 1. The van der Waals surface area contributed by atoms with Gasteiger partial charge in [-0.25, -0.2) is 0 Å². The van der Waals surface area contributed by atoms with E-state index in [2.05, 4.69) is 26.8 Å². The Bertz CT molecular complexity index is 391. The van der Waals surface area contributed by atoms with E-state index >= 15 is 0 Å². The highest BCUT2D eigenvalue weighted by Gasteiger charge is 2.41. The number of ether oxygens (including phenoxy) is 2. The highest BCUT2D eigenvalue weighted by molar-refractivity contribution is 5.35. The summed E-state index contributed by atoms with van der Waals surface area (Å²) in [6.45, 7) is 11.6. The summed E-state index contributed by atoms with van der Waals surface area (Å²) in [5.41, 5.74) is -0.142. The van der Waals surface area contributed by atoms with E-state index < -0.39 is 6.04 Å². The molecule has 0 aromatic carbocycles. The van der Waals surface area contributed by atoms with Crippen LogP contribution in [0.5, 0.6) is 0 Å². The maximum atomic E-state index is 13.5. The SMILES string of the molecule is CC.CC(C)C1(C)C=CC=C2OC(C)(F)OC2=C1. The molecule has 3 heteroatoms. The molecule has 0 spiro atoms. The van der Waals surface area contributed by atoms with Gasteiger partial charge < -0.3 is 9.47 Å². The Hall–Kier alpha value is -1.25. The Morgan fingerprint density at radius 2 is 1.67 bits per heavy atom. The van der Waals surface area contributed by atoms with Gasteiger partial charge in [0.15, 0.2) is 11.5 Å². The van der Waals surface area contributed by atoms with Crippen molar-refractivity contribution in [3.05, 3.63) is 35.8 Å². The third-order valence-electron chi connectivity index (χ3n) is 3.22. The zero-order chi connectivity index (χ0) is 14.0. The van der Waals surface area contributed by atoms with Crippen molar-refractivity contribution in [2.24, 2.45) is 11.3 Å². The minimum atomic E-state index is -2.04. The predicted octanol–water partition coefficient (Wildman–Crippen LogP) is 4.70.